The maximum absolute atomic E-state index is 13.2. The van der Waals surface area contributed by atoms with Crippen LogP contribution in [-0.4, -0.2) is 49.4 Å². The first-order valence-electron chi connectivity index (χ1n) is 10.4. The van der Waals surface area contributed by atoms with E-state index in [0.717, 1.165) is 12.0 Å². The first kappa shape index (κ1) is 19.4. The summed E-state index contributed by atoms with van der Waals surface area (Å²) in [5, 5.41) is 5.01. The average Bonchev–Trinajstić information content (AvgIpc) is 3.28. The van der Waals surface area contributed by atoms with Crippen molar-refractivity contribution in [2.45, 2.75) is 45.0 Å². The Labute approximate surface area is 178 Å². The summed E-state index contributed by atoms with van der Waals surface area (Å²) in [6, 6.07) is 10.7. The van der Waals surface area contributed by atoms with Gasteiger partial charge in [-0.1, -0.05) is 30.3 Å². The van der Waals surface area contributed by atoms with Crippen molar-refractivity contribution in [1.82, 2.24) is 19.7 Å². The van der Waals surface area contributed by atoms with Crippen LogP contribution in [0.1, 0.15) is 35.8 Å². The Balaban J connectivity index is 1.33. The number of hydrogen-bond donors (Lipinski definition) is 0. The summed E-state index contributed by atoms with van der Waals surface area (Å²) in [5.74, 6) is -0.397. The topological polar surface area (TPSA) is 94.4 Å². The molecule has 3 heterocycles. The number of esters is 1. The summed E-state index contributed by atoms with van der Waals surface area (Å²) >= 11 is 0. The van der Waals surface area contributed by atoms with Gasteiger partial charge in [0.15, 0.2) is 5.78 Å². The van der Waals surface area contributed by atoms with E-state index in [-0.39, 0.29) is 36.9 Å². The standard InChI is InChI=1S/C23H22N4O4/c1-14(28)22-17-7-8-24-11-20(17)26(25-22)12-21(29)27-18-9-16(18)10-19(27)23(30)31-13-15-5-3-2-4-6-15/h2-8,11,16,18-19H,9-10,12-13H2,1H3/t16-,18-,19+/m1/s1. The van der Waals surface area contributed by atoms with E-state index in [4.69, 9.17) is 4.74 Å². The molecule has 2 fully saturated rings. The van der Waals surface area contributed by atoms with E-state index in [0.29, 0.717) is 28.9 Å². The number of Topliss-reactive ketones (excluding diaryl/α,β-unsaturated/α-hetero) is 1. The first-order chi connectivity index (χ1) is 15.0. The third-order valence-corrected chi connectivity index (χ3v) is 6.06. The minimum Gasteiger partial charge on any atom is -0.459 e. The Hall–Kier alpha value is -3.55. The predicted molar refractivity (Wildman–Crippen MR) is 111 cm³/mol. The lowest BCUT2D eigenvalue weighted by atomic mass is 10.1. The number of aromatic nitrogens is 3. The summed E-state index contributed by atoms with van der Waals surface area (Å²) in [6.45, 7) is 1.58. The van der Waals surface area contributed by atoms with Gasteiger partial charge < -0.3 is 9.64 Å². The molecule has 3 atom stereocenters. The number of piperidine rings is 1. The van der Waals surface area contributed by atoms with Gasteiger partial charge in [0, 0.05) is 24.5 Å². The smallest absolute Gasteiger partial charge is 0.329 e. The molecule has 1 saturated carbocycles. The van der Waals surface area contributed by atoms with E-state index in [1.807, 2.05) is 30.3 Å². The summed E-state index contributed by atoms with van der Waals surface area (Å²) in [4.78, 5) is 43.7. The molecule has 8 heteroatoms. The number of nitrogens with zero attached hydrogens (tertiary/aromatic N) is 4. The number of carbonyl (C=O) groups is 3. The lowest BCUT2D eigenvalue weighted by Crippen LogP contribution is -2.45. The van der Waals surface area contributed by atoms with E-state index < -0.39 is 6.04 Å². The van der Waals surface area contributed by atoms with E-state index in [2.05, 4.69) is 10.1 Å². The van der Waals surface area contributed by atoms with Crippen LogP contribution in [0.15, 0.2) is 48.8 Å². The van der Waals surface area contributed by atoms with Gasteiger partial charge in [-0.15, -0.1) is 0 Å². The Morgan fingerprint density at radius 2 is 1.94 bits per heavy atom. The third-order valence-electron chi connectivity index (χ3n) is 6.06. The van der Waals surface area contributed by atoms with E-state index >= 15 is 0 Å². The average molecular weight is 418 g/mol. The number of fused-ring (bicyclic) bond motifs is 2. The van der Waals surface area contributed by atoms with Gasteiger partial charge in [0.1, 0.15) is 24.9 Å². The Kier molecular flexibility index (Phi) is 4.77. The highest BCUT2D eigenvalue weighted by molar-refractivity contribution is 6.04. The molecule has 0 N–H and O–H groups in total. The highest BCUT2D eigenvalue weighted by atomic mass is 16.5. The Morgan fingerprint density at radius 1 is 1.13 bits per heavy atom. The zero-order valence-electron chi connectivity index (χ0n) is 17.1. The van der Waals surface area contributed by atoms with Crippen LogP contribution < -0.4 is 0 Å². The molecule has 0 radical (unpaired) electrons. The maximum atomic E-state index is 13.2. The van der Waals surface area contributed by atoms with Crippen molar-refractivity contribution in [2.75, 3.05) is 0 Å². The van der Waals surface area contributed by atoms with Crippen molar-refractivity contribution in [3.8, 4) is 0 Å². The molecular weight excluding hydrogens is 396 g/mol. The summed E-state index contributed by atoms with van der Waals surface area (Å²) in [7, 11) is 0. The second kappa shape index (κ2) is 7.61. The zero-order chi connectivity index (χ0) is 21.5. The van der Waals surface area contributed by atoms with Gasteiger partial charge in [-0.2, -0.15) is 5.10 Å². The van der Waals surface area contributed by atoms with Crippen LogP contribution in [0.2, 0.25) is 0 Å². The Bertz CT molecular complexity index is 1170. The fraction of sp³-hybridized carbons (Fsp3) is 0.348. The SMILES string of the molecule is CC(=O)c1nn(CC(=O)N2[C@@H]3C[C@@H]3C[C@H]2C(=O)OCc2ccccc2)c2cnccc12. The van der Waals surface area contributed by atoms with Crippen LogP contribution in [0.5, 0.6) is 0 Å². The Morgan fingerprint density at radius 3 is 2.71 bits per heavy atom. The highest BCUT2D eigenvalue weighted by Crippen LogP contribution is 2.48. The van der Waals surface area contributed by atoms with Gasteiger partial charge in [0.05, 0.1) is 11.7 Å². The van der Waals surface area contributed by atoms with Crippen molar-refractivity contribution in [3.05, 3.63) is 60.0 Å². The predicted octanol–water partition coefficient (Wildman–Crippen LogP) is 2.37. The normalized spacial score (nSPS) is 21.7. The number of ketones is 1. The van der Waals surface area contributed by atoms with Crippen LogP contribution in [0.4, 0.5) is 0 Å². The van der Waals surface area contributed by atoms with Gasteiger partial charge in [-0.05, 0) is 30.4 Å². The van der Waals surface area contributed by atoms with Crippen LogP contribution in [0.25, 0.3) is 10.9 Å². The fourth-order valence-electron chi connectivity index (χ4n) is 4.46. The number of hydrogen-bond acceptors (Lipinski definition) is 6. The van der Waals surface area contributed by atoms with Crippen molar-refractivity contribution >= 4 is 28.6 Å². The molecule has 2 aromatic heterocycles. The zero-order valence-corrected chi connectivity index (χ0v) is 17.1. The van der Waals surface area contributed by atoms with Gasteiger partial charge in [-0.3, -0.25) is 19.3 Å². The molecule has 8 nitrogen and oxygen atoms in total. The number of rotatable bonds is 6. The van der Waals surface area contributed by atoms with Crippen LogP contribution in [0, 0.1) is 5.92 Å². The molecule has 158 valence electrons. The van der Waals surface area contributed by atoms with Gasteiger partial charge in [0.2, 0.25) is 5.91 Å². The number of pyridine rings is 1. The van der Waals surface area contributed by atoms with Gasteiger partial charge in [0.25, 0.3) is 0 Å². The second-order valence-corrected chi connectivity index (χ2v) is 8.16. The minimum atomic E-state index is -0.577. The number of benzene rings is 1. The largest absolute Gasteiger partial charge is 0.459 e. The lowest BCUT2D eigenvalue weighted by Gasteiger charge is -2.26. The van der Waals surface area contributed by atoms with Crippen LogP contribution >= 0.6 is 0 Å². The minimum absolute atomic E-state index is 0.0544. The lowest BCUT2D eigenvalue weighted by molar-refractivity contribution is -0.155. The molecule has 1 aromatic carbocycles. The summed E-state index contributed by atoms with van der Waals surface area (Å²) in [6.07, 6.45) is 4.73. The summed E-state index contributed by atoms with van der Waals surface area (Å²) in [5.41, 5.74) is 1.84. The first-order valence-corrected chi connectivity index (χ1v) is 10.4. The number of carbonyl (C=O) groups excluding carboxylic acids is 3. The molecule has 0 bridgehead atoms. The number of ether oxygens (including phenoxy) is 1. The monoisotopic (exact) mass is 418 g/mol. The molecular formula is C23H22N4O4. The van der Waals surface area contributed by atoms with Crippen molar-refractivity contribution < 1.29 is 19.1 Å². The second-order valence-electron chi connectivity index (χ2n) is 8.16. The summed E-state index contributed by atoms with van der Waals surface area (Å²) < 4.78 is 7.01. The molecule has 1 aliphatic heterocycles. The molecule has 3 aromatic rings. The van der Waals surface area contributed by atoms with Crippen molar-refractivity contribution in [1.29, 1.82) is 0 Å². The molecule has 1 amide bonds. The quantitative estimate of drug-likeness (QED) is 0.451. The van der Waals surface area contributed by atoms with Crippen molar-refractivity contribution in [2.24, 2.45) is 5.92 Å². The highest BCUT2D eigenvalue weighted by Gasteiger charge is 2.56. The van der Waals surface area contributed by atoms with E-state index in [1.165, 1.54) is 11.6 Å². The van der Waals surface area contributed by atoms with Crippen LogP contribution in [-0.2, 0) is 27.5 Å². The van der Waals surface area contributed by atoms with Crippen LogP contribution in [0.3, 0.4) is 0 Å². The maximum Gasteiger partial charge on any atom is 0.329 e. The van der Waals surface area contributed by atoms with Gasteiger partial charge >= 0.3 is 5.97 Å². The molecule has 1 saturated heterocycles. The number of amides is 1. The van der Waals surface area contributed by atoms with E-state index in [1.54, 1.807) is 23.4 Å². The molecule has 5 rings (SSSR count). The molecule has 31 heavy (non-hydrogen) atoms. The fourth-order valence-corrected chi connectivity index (χ4v) is 4.46. The number of likely N-dealkylation sites (tertiary alicyclic amines) is 1. The molecule has 2 aliphatic rings. The molecule has 1 aliphatic carbocycles. The van der Waals surface area contributed by atoms with Gasteiger partial charge in [-0.25, -0.2) is 4.79 Å². The molecule has 0 spiro atoms. The third kappa shape index (κ3) is 3.58. The molecule has 0 unspecified atom stereocenters. The van der Waals surface area contributed by atoms with E-state index in [9.17, 15) is 14.4 Å². The van der Waals surface area contributed by atoms with Crippen molar-refractivity contribution in [3.63, 3.8) is 0 Å².